The quantitative estimate of drug-likeness (QED) is 0.478. The number of benzene rings is 1. The van der Waals surface area contributed by atoms with Gasteiger partial charge >= 0.3 is 5.97 Å². The summed E-state index contributed by atoms with van der Waals surface area (Å²) < 4.78 is 9.67. The van der Waals surface area contributed by atoms with Crippen LogP contribution in [0.2, 0.25) is 0 Å². The molecular formula is C13H11N3O5. The third-order valence-corrected chi connectivity index (χ3v) is 3.35. The summed E-state index contributed by atoms with van der Waals surface area (Å²) in [5.41, 5.74) is 1.08. The molecule has 2 aromatic rings. The monoisotopic (exact) mass is 289 g/mol. The summed E-state index contributed by atoms with van der Waals surface area (Å²) in [6.07, 6.45) is 0.426. The summed E-state index contributed by atoms with van der Waals surface area (Å²) in [5, 5.41) is 14.4. The van der Waals surface area contributed by atoms with Gasteiger partial charge in [-0.2, -0.15) is 4.98 Å². The van der Waals surface area contributed by atoms with Crippen LogP contribution in [0.4, 0.5) is 0 Å². The molecule has 0 amide bonds. The first kappa shape index (κ1) is 13.2. The van der Waals surface area contributed by atoms with Crippen molar-refractivity contribution in [3.05, 3.63) is 45.8 Å². The van der Waals surface area contributed by atoms with E-state index in [1.165, 1.54) is 7.11 Å². The second-order valence-corrected chi connectivity index (χ2v) is 4.72. The summed E-state index contributed by atoms with van der Waals surface area (Å²) in [5.74, 6) is -0.100. The van der Waals surface area contributed by atoms with Crippen LogP contribution < -0.4 is 0 Å². The summed E-state index contributed by atoms with van der Waals surface area (Å²) in [7, 11) is 1.31. The number of aromatic nitrogens is 2. The number of nitro groups is 1. The molecule has 0 spiro atoms. The van der Waals surface area contributed by atoms with Crippen molar-refractivity contribution < 1.29 is 19.0 Å². The second kappa shape index (κ2) is 4.97. The lowest BCUT2D eigenvalue weighted by Gasteiger charge is -1.99. The molecule has 1 aromatic carbocycles. The van der Waals surface area contributed by atoms with Crippen LogP contribution in [0.15, 0.2) is 28.8 Å². The van der Waals surface area contributed by atoms with Crippen molar-refractivity contribution in [1.29, 1.82) is 0 Å². The minimum absolute atomic E-state index is 0.281. The van der Waals surface area contributed by atoms with E-state index in [2.05, 4.69) is 14.9 Å². The Morgan fingerprint density at radius 2 is 2.14 bits per heavy atom. The molecule has 3 rings (SSSR count). The Labute approximate surface area is 118 Å². The van der Waals surface area contributed by atoms with Crippen LogP contribution in [0.25, 0.3) is 11.4 Å². The van der Waals surface area contributed by atoms with E-state index in [1.54, 1.807) is 24.3 Å². The van der Waals surface area contributed by atoms with E-state index in [9.17, 15) is 14.9 Å². The average molecular weight is 289 g/mol. The van der Waals surface area contributed by atoms with Gasteiger partial charge in [-0.25, -0.2) is 4.79 Å². The Morgan fingerprint density at radius 3 is 2.71 bits per heavy atom. The predicted molar refractivity (Wildman–Crippen MR) is 69.2 cm³/mol. The van der Waals surface area contributed by atoms with Gasteiger partial charge in [0.2, 0.25) is 17.8 Å². The van der Waals surface area contributed by atoms with Crippen LogP contribution in [0.3, 0.4) is 0 Å². The lowest BCUT2D eigenvalue weighted by molar-refractivity contribution is -0.496. The van der Waals surface area contributed by atoms with E-state index in [-0.39, 0.29) is 16.7 Å². The maximum atomic E-state index is 11.3. The average Bonchev–Trinajstić information content (AvgIpc) is 3.17. The topological polar surface area (TPSA) is 108 Å². The van der Waals surface area contributed by atoms with Gasteiger partial charge in [0.25, 0.3) is 0 Å². The van der Waals surface area contributed by atoms with Crippen LogP contribution in [-0.4, -0.2) is 34.2 Å². The molecule has 1 saturated carbocycles. The molecule has 2 atom stereocenters. The van der Waals surface area contributed by atoms with Crippen LogP contribution in [0.1, 0.15) is 28.6 Å². The molecule has 0 aliphatic heterocycles. The number of esters is 1. The van der Waals surface area contributed by atoms with Crippen molar-refractivity contribution in [2.75, 3.05) is 7.11 Å². The fourth-order valence-electron chi connectivity index (χ4n) is 2.06. The predicted octanol–water partition coefficient (Wildman–Crippen LogP) is 1.66. The van der Waals surface area contributed by atoms with Gasteiger partial charge in [0.05, 0.1) is 12.7 Å². The van der Waals surface area contributed by atoms with Crippen molar-refractivity contribution in [1.82, 2.24) is 10.1 Å². The van der Waals surface area contributed by atoms with Crippen molar-refractivity contribution in [3.63, 3.8) is 0 Å². The molecule has 1 heterocycles. The Morgan fingerprint density at radius 1 is 1.43 bits per heavy atom. The molecule has 1 fully saturated rings. The SMILES string of the molecule is COC(=O)c1ccc(-c2noc([C@@H]3C[C@H]3[N+](=O)[O-])n2)cc1. The molecule has 0 N–H and O–H groups in total. The number of carbonyl (C=O) groups excluding carboxylic acids is 1. The fraction of sp³-hybridized carbons (Fsp3) is 0.308. The lowest BCUT2D eigenvalue weighted by atomic mass is 10.1. The van der Waals surface area contributed by atoms with Crippen molar-refractivity contribution in [3.8, 4) is 11.4 Å². The lowest BCUT2D eigenvalue weighted by Crippen LogP contribution is -2.02. The highest BCUT2D eigenvalue weighted by Crippen LogP contribution is 2.42. The Bertz CT molecular complexity index is 694. The number of hydrogen-bond acceptors (Lipinski definition) is 7. The van der Waals surface area contributed by atoms with E-state index in [1.807, 2.05) is 0 Å². The Hall–Kier alpha value is -2.77. The van der Waals surface area contributed by atoms with Gasteiger partial charge < -0.3 is 9.26 Å². The van der Waals surface area contributed by atoms with Crippen molar-refractivity contribution in [2.45, 2.75) is 18.4 Å². The number of hydrogen-bond donors (Lipinski definition) is 0. The number of ether oxygens (including phenoxy) is 1. The van der Waals surface area contributed by atoms with Crippen molar-refractivity contribution >= 4 is 5.97 Å². The van der Waals surface area contributed by atoms with Gasteiger partial charge in [0, 0.05) is 16.9 Å². The fourth-order valence-corrected chi connectivity index (χ4v) is 2.06. The molecular weight excluding hydrogens is 278 g/mol. The zero-order chi connectivity index (χ0) is 15.0. The summed E-state index contributed by atoms with van der Waals surface area (Å²) in [6.45, 7) is 0. The van der Waals surface area contributed by atoms with E-state index in [4.69, 9.17) is 4.52 Å². The van der Waals surface area contributed by atoms with E-state index in [0.717, 1.165) is 0 Å². The van der Waals surface area contributed by atoms with Gasteiger partial charge in [0.15, 0.2) is 0 Å². The van der Waals surface area contributed by atoms with Gasteiger partial charge in [-0.15, -0.1) is 0 Å². The van der Waals surface area contributed by atoms with Gasteiger partial charge in [-0.1, -0.05) is 17.3 Å². The molecule has 0 saturated heterocycles. The molecule has 8 heteroatoms. The van der Waals surface area contributed by atoms with Gasteiger partial charge in [0.1, 0.15) is 5.92 Å². The Balaban J connectivity index is 1.77. The number of carbonyl (C=O) groups is 1. The third-order valence-electron chi connectivity index (χ3n) is 3.35. The van der Waals surface area contributed by atoms with Gasteiger partial charge in [-0.3, -0.25) is 10.1 Å². The molecule has 1 aliphatic carbocycles. The smallest absolute Gasteiger partial charge is 0.337 e. The molecule has 8 nitrogen and oxygen atoms in total. The standard InChI is InChI=1S/C13H11N3O5/c1-20-13(17)8-4-2-7(3-5-8)11-14-12(21-15-11)9-6-10(9)16(18)19/h2-5,9-10H,6H2,1H3/t9-,10-/m1/s1. The molecule has 21 heavy (non-hydrogen) atoms. The highest BCUT2D eigenvalue weighted by atomic mass is 16.6. The largest absolute Gasteiger partial charge is 0.465 e. The molecule has 0 bridgehead atoms. The third kappa shape index (κ3) is 2.47. The summed E-state index contributed by atoms with van der Waals surface area (Å²) >= 11 is 0. The van der Waals surface area contributed by atoms with Gasteiger partial charge in [-0.05, 0) is 12.1 Å². The maximum absolute atomic E-state index is 11.3. The number of methoxy groups -OCH3 is 1. The van der Waals surface area contributed by atoms with Crippen LogP contribution in [0.5, 0.6) is 0 Å². The van der Waals surface area contributed by atoms with E-state index < -0.39 is 12.0 Å². The zero-order valence-corrected chi connectivity index (χ0v) is 11.1. The van der Waals surface area contributed by atoms with Crippen LogP contribution in [-0.2, 0) is 4.74 Å². The van der Waals surface area contributed by atoms with E-state index in [0.29, 0.717) is 23.4 Å². The van der Waals surface area contributed by atoms with Crippen molar-refractivity contribution in [2.24, 2.45) is 0 Å². The van der Waals surface area contributed by atoms with E-state index >= 15 is 0 Å². The normalized spacial score (nSPS) is 20.0. The highest BCUT2D eigenvalue weighted by molar-refractivity contribution is 5.89. The Kier molecular flexibility index (Phi) is 3.13. The molecule has 0 unspecified atom stereocenters. The molecule has 108 valence electrons. The van der Waals surface area contributed by atoms with Crippen LogP contribution >= 0.6 is 0 Å². The minimum atomic E-state index is -0.625. The number of rotatable bonds is 4. The van der Waals surface area contributed by atoms with Crippen LogP contribution in [0, 0.1) is 10.1 Å². The first-order valence-corrected chi connectivity index (χ1v) is 6.26. The minimum Gasteiger partial charge on any atom is -0.465 e. The zero-order valence-electron chi connectivity index (χ0n) is 11.1. The molecule has 1 aromatic heterocycles. The maximum Gasteiger partial charge on any atom is 0.337 e. The highest BCUT2D eigenvalue weighted by Gasteiger charge is 2.53. The second-order valence-electron chi connectivity index (χ2n) is 4.72. The number of nitrogens with zero attached hydrogens (tertiary/aromatic N) is 3. The summed E-state index contributed by atoms with van der Waals surface area (Å²) in [4.78, 5) is 25.8. The molecule has 0 radical (unpaired) electrons. The first-order chi connectivity index (χ1) is 10.1. The summed E-state index contributed by atoms with van der Waals surface area (Å²) in [6, 6.07) is 5.89. The molecule has 1 aliphatic rings. The first-order valence-electron chi connectivity index (χ1n) is 6.26.